The first-order valence-electron chi connectivity index (χ1n) is 14.0. The monoisotopic (exact) mass is 578 g/mol. The molecule has 1 N–H and O–H groups in total. The second-order valence-corrected chi connectivity index (χ2v) is 11.1. The van der Waals surface area contributed by atoms with E-state index in [9.17, 15) is 22.6 Å². The lowest BCUT2D eigenvalue weighted by atomic mass is 10.1. The van der Waals surface area contributed by atoms with E-state index in [2.05, 4.69) is 13.8 Å². The fourth-order valence-electron chi connectivity index (χ4n) is 3.91. The predicted molar refractivity (Wildman–Crippen MR) is 152 cm³/mol. The second-order valence-electron chi connectivity index (χ2n) is 9.47. The fraction of sp³-hybridized carbons (Fsp3) is 0.533. The van der Waals surface area contributed by atoms with Gasteiger partial charge in [-0.3, -0.25) is 14.1 Å². The first-order valence-corrected chi connectivity index (χ1v) is 15.5. The van der Waals surface area contributed by atoms with Gasteiger partial charge in [-0.1, -0.05) is 76.9 Å². The number of benzene rings is 2. The highest BCUT2D eigenvalue weighted by atomic mass is 32.2. The highest BCUT2D eigenvalue weighted by Crippen LogP contribution is 2.25. The van der Waals surface area contributed by atoms with Crippen molar-refractivity contribution in [3.8, 4) is 11.5 Å². The number of carbonyl (C=O) groups excluding carboxylic acids is 2. The molecule has 0 aromatic heterocycles. The summed E-state index contributed by atoms with van der Waals surface area (Å²) in [5, 5.41) is -2.18. The average Bonchev–Trinajstić information content (AvgIpc) is 2.93. The Balaban J connectivity index is 2.08. The number of rotatable bonds is 18. The number of unbranched alkanes of at least 4 members (excludes halogenated alkanes) is 2. The van der Waals surface area contributed by atoms with Crippen molar-refractivity contribution in [3.05, 3.63) is 59.7 Å². The van der Waals surface area contributed by atoms with Gasteiger partial charge in [-0.25, -0.2) is 0 Å². The summed E-state index contributed by atoms with van der Waals surface area (Å²) in [7, 11) is -5.00. The molecule has 3 atom stereocenters. The lowest BCUT2D eigenvalue weighted by Gasteiger charge is -2.23. The van der Waals surface area contributed by atoms with Crippen molar-refractivity contribution in [2.24, 2.45) is 0 Å². The van der Waals surface area contributed by atoms with E-state index in [0.717, 1.165) is 49.7 Å². The van der Waals surface area contributed by atoms with Crippen LogP contribution in [0.25, 0.3) is 0 Å². The third kappa shape index (κ3) is 10.8. The Bertz CT molecular complexity index is 1180. The van der Waals surface area contributed by atoms with Crippen LogP contribution in [0.3, 0.4) is 0 Å². The summed E-state index contributed by atoms with van der Waals surface area (Å²) in [6.07, 6.45) is 2.85. The van der Waals surface area contributed by atoms with E-state index < -0.39 is 46.3 Å². The molecule has 0 heterocycles. The van der Waals surface area contributed by atoms with E-state index >= 15 is 0 Å². The maximum absolute atomic E-state index is 12.9. The molecule has 2 rings (SSSR count). The summed E-state index contributed by atoms with van der Waals surface area (Å²) in [6, 6.07) is 14.7. The summed E-state index contributed by atoms with van der Waals surface area (Å²) >= 11 is 0. The van der Waals surface area contributed by atoms with Gasteiger partial charge in [0.2, 0.25) is 12.6 Å². The summed E-state index contributed by atoms with van der Waals surface area (Å²) in [6.45, 7) is 7.59. The quantitative estimate of drug-likeness (QED) is 0.128. The molecule has 3 unspecified atom stereocenters. The van der Waals surface area contributed by atoms with Gasteiger partial charge in [-0.15, -0.1) is 0 Å². The van der Waals surface area contributed by atoms with Crippen molar-refractivity contribution in [3.63, 3.8) is 0 Å². The van der Waals surface area contributed by atoms with E-state index in [0.29, 0.717) is 11.5 Å². The smallest absolute Gasteiger partial charge is 0.330 e. The first-order chi connectivity index (χ1) is 19.1. The van der Waals surface area contributed by atoms with Crippen LogP contribution in [0, 0.1) is 0 Å². The maximum Gasteiger partial charge on any atom is 0.330 e. The predicted octanol–water partition coefficient (Wildman–Crippen LogP) is 6.03. The van der Waals surface area contributed by atoms with Crippen LogP contribution in [0.15, 0.2) is 48.5 Å². The van der Waals surface area contributed by atoms with E-state index in [1.807, 2.05) is 24.3 Å². The molecule has 0 saturated carbocycles. The Kier molecular flexibility index (Phi) is 14.0. The Labute approximate surface area is 237 Å². The van der Waals surface area contributed by atoms with E-state index in [4.69, 9.17) is 18.9 Å². The topological polar surface area (TPSA) is 125 Å². The zero-order valence-electron chi connectivity index (χ0n) is 23.8. The van der Waals surface area contributed by atoms with Crippen molar-refractivity contribution < 1.29 is 41.5 Å². The summed E-state index contributed by atoms with van der Waals surface area (Å²) in [5.41, 5.74) is 1.88. The van der Waals surface area contributed by atoms with Crippen LogP contribution in [-0.4, -0.2) is 42.7 Å². The lowest BCUT2D eigenvalue weighted by molar-refractivity contribution is -0.171. The summed E-state index contributed by atoms with van der Waals surface area (Å²) in [5.74, 6) is -1.27. The van der Waals surface area contributed by atoms with Crippen molar-refractivity contribution in [2.75, 3.05) is 0 Å². The number of esters is 2. The van der Waals surface area contributed by atoms with Crippen molar-refractivity contribution in [1.82, 2.24) is 0 Å². The van der Waals surface area contributed by atoms with Gasteiger partial charge in [-0.05, 0) is 48.9 Å². The highest BCUT2D eigenvalue weighted by molar-refractivity contribution is 7.87. The summed E-state index contributed by atoms with van der Waals surface area (Å²) in [4.78, 5) is 25.5. The zero-order chi connectivity index (χ0) is 29.5. The third-order valence-electron chi connectivity index (χ3n) is 6.21. The van der Waals surface area contributed by atoms with Gasteiger partial charge in [-0.2, -0.15) is 8.42 Å². The highest BCUT2D eigenvalue weighted by Gasteiger charge is 2.38. The molecule has 0 aliphatic carbocycles. The molecule has 0 radical (unpaired) electrons. The van der Waals surface area contributed by atoms with Crippen LogP contribution in [0.4, 0.5) is 0 Å². The molecule has 2 aromatic rings. The van der Waals surface area contributed by atoms with E-state index in [-0.39, 0.29) is 12.8 Å². The molecule has 0 spiro atoms. The number of hydrogen-bond donors (Lipinski definition) is 1. The minimum absolute atomic E-state index is 0.208. The second kappa shape index (κ2) is 16.9. The maximum atomic E-state index is 12.9. The van der Waals surface area contributed by atoms with Crippen LogP contribution in [0.1, 0.15) is 83.8 Å². The summed E-state index contributed by atoms with van der Waals surface area (Å²) < 4.78 is 56.3. The molecule has 0 aliphatic rings. The molecule has 222 valence electrons. The SMILES string of the molecule is CCCCc1ccccc1OC(CC)OC(=O)CC(C(=O)OC(CC)Oc1ccccc1CCCC)S(=O)(=O)O. The molecule has 40 heavy (non-hydrogen) atoms. The first kappa shape index (κ1) is 33.1. The van der Waals surface area contributed by atoms with Crippen molar-refractivity contribution >= 4 is 22.1 Å². The Hall–Kier alpha value is -3.11. The number of hydrogen-bond acceptors (Lipinski definition) is 8. The molecule has 0 bridgehead atoms. The van der Waals surface area contributed by atoms with Crippen LogP contribution >= 0.6 is 0 Å². The zero-order valence-corrected chi connectivity index (χ0v) is 24.7. The molecular weight excluding hydrogens is 536 g/mol. The van der Waals surface area contributed by atoms with Crippen molar-refractivity contribution in [2.45, 2.75) is 103 Å². The van der Waals surface area contributed by atoms with Gasteiger partial charge in [0.25, 0.3) is 10.1 Å². The fourth-order valence-corrected chi connectivity index (χ4v) is 4.56. The Morgan fingerprint density at radius 1 is 0.750 bits per heavy atom. The van der Waals surface area contributed by atoms with Gasteiger partial charge < -0.3 is 18.9 Å². The number of carbonyl (C=O) groups is 2. The Morgan fingerprint density at radius 2 is 1.20 bits per heavy atom. The van der Waals surface area contributed by atoms with Gasteiger partial charge >= 0.3 is 11.9 Å². The molecule has 9 nitrogen and oxygen atoms in total. The molecule has 0 amide bonds. The standard InChI is InChI=1S/C30H42O9S/c1-5-9-15-22-17-11-13-19-24(22)36-28(7-3)38-27(31)21-26(40(33,34)35)30(32)39-29(8-4)37-25-20-14-12-18-23(25)16-10-6-2/h11-14,17-20,26,28-29H,5-10,15-16,21H2,1-4H3,(H,33,34,35). The molecule has 0 aliphatic heterocycles. The van der Waals surface area contributed by atoms with Gasteiger partial charge in [0, 0.05) is 12.8 Å². The van der Waals surface area contributed by atoms with Crippen LogP contribution in [0.5, 0.6) is 11.5 Å². The van der Waals surface area contributed by atoms with Gasteiger partial charge in [0.05, 0.1) is 6.42 Å². The lowest BCUT2D eigenvalue weighted by Crippen LogP contribution is -2.38. The van der Waals surface area contributed by atoms with Crippen molar-refractivity contribution in [1.29, 1.82) is 0 Å². The van der Waals surface area contributed by atoms with Gasteiger partial charge in [0.1, 0.15) is 11.5 Å². The minimum atomic E-state index is -5.00. The van der Waals surface area contributed by atoms with Crippen LogP contribution < -0.4 is 9.47 Å². The van der Waals surface area contributed by atoms with E-state index in [1.54, 1.807) is 38.1 Å². The normalized spacial score (nSPS) is 13.6. The molecular formula is C30H42O9S. The largest absolute Gasteiger partial charge is 0.455 e. The van der Waals surface area contributed by atoms with E-state index in [1.165, 1.54) is 0 Å². The van der Waals surface area contributed by atoms with Crippen LogP contribution in [0.2, 0.25) is 0 Å². The third-order valence-corrected chi connectivity index (χ3v) is 7.29. The molecule has 2 aromatic carbocycles. The molecule has 0 fully saturated rings. The number of aryl methyl sites for hydroxylation is 2. The molecule has 10 heteroatoms. The van der Waals surface area contributed by atoms with Crippen LogP contribution in [-0.2, 0) is 42.0 Å². The number of ether oxygens (including phenoxy) is 4. The minimum Gasteiger partial charge on any atom is -0.455 e. The average molecular weight is 579 g/mol. The van der Waals surface area contributed by atoms with Gasteiger partial charge in [0.15, 0.2) is 5.25 Å². The number of para-hydroxylation sites is 2. The Morgan fingerprint density at radius 3 is 1.62 bits per heavy atom. The molecule has 0 saturated heterocycles.